The number of nitrogens with zero attached hydrogens (tertiary/aromatic N) is 1. The van der Waals surface area contributed by atoms with Gasteiger partial charge in [0.25, 0.3) is 5.91 Å². The molecule has 0 heterocycles. The van der Waals surface area contributed by atoms with Crippen molar-refractivity contribution in [1.29, 1.82) is 0 Å². The zero-order chi connectivity index (χ0) is 19.3. The van der Waals surface area contributed by atoms with Crippen molar-refractivity contribution in [2.24, 2.45) is 0 Å². The first-order chi connectivity index (χ1) is 12.3. The molecule has 1 amide bonds. The van der Waals surface area contributed by atoms with Gasteiger partial charge >= 0.3 is 5.97 Å². The molecule has 0 aliphatic rings. The molecule has 1 unspecified atom stereocenters. The van der Waals surface area contributed by atoms with Crippen molar-refractivity contribution < 1.29 is 28.2 Å². The zero-order valence-corrected chi connectivity index (χ0v) is 14.4. The quantitative estimate of drug-likeness (QED) is 0.819. The lowest BCUT2D eigenvalue weighted by molar-refractivity contribution is 0.0538. The van der Waals surface area contributed by atoms with Crippen molar-refractivity contribution >= 4 is 11.9 Å². The number of benzene rings is 2. The average Bonchev–Trinajstić information content (AvgIpc) is 2.62. The standard InChI is InChI=1S/C19H19F2NO4/c1-12(11-26-2)22(10-15-9-16(20)7-8-17(15)21)18(23)13-3-5-14(6-4-13)19(24)25/h3-9,12H,10-11H2,1-2H3,(H,24,25). The number of aromatic carboxylic acids is 1. The summed E-state index contributed by atoms with van der Waals surface area (Å²) in [5.41, 5.74) is 0.340. The highest BCUT2D eigenvalue weighted by molar-refractivity contribution is 5.96. The second kappa shape index (κ2) is 8.53. The molecular weight excluding hydrogens is 344 g/mol. The maximum absolute atomic E-state index is 14.0. The first-order valence-electron chi connectivity index (χ1n) is 7.90. The maximum Gasteiger partial charge on any atom is 0.335 e. The van der Waals surface area contributed by atoms with E-state index in [-0.39, 0.29) is 29.8 Å². The van der Waals surface area contributed by atoms with Crippen LogP contribution in [-0.4, -0.2) is 41.6 Å². The molecule has 1 atom stereocenters. The van der Waals surface area contributed by atoms with Gasteiger partial charge in [-0.1, -0.05) is 0 Å². The van der Waals surface area contributed by atoms with Gasteiger partial charge in [0.2, 0.25) is 0 Å². The number of amides is 1. The van der Waals surface area contributed by atoms with E-state index in [2.05, 4.69) is 0 Å². The van der Waals surface area contributed by atoms with Gasteiger partial charge in [-0.15, -0.1) is 0 Å². The predicted molar refractivity (Wildman–Crippen MR) is 91.0 cm³/mol. The highest BCUT2D eigenvalue weighted by Gasteiger charge is 2.23. The Morgan fingerprint density at radius 2 is 1.73 bits per heavy atom. The number of ether oxygens (including phenoxy) is 1. The Morgan fingerprint density at radius 1 is 1.12 bits per heavy atom. The SMILES string of the molecule is COCC(C)N(Cc1cc(F)ccc1F)C(=O)c1ccc(C(=O)O)cc1. The molecule has 138 valence electrons. The van der Waals surface area contributed by atoms with E-state index >= 15 is 0 Å². The molecular formula is C19H19F2NO4. The van der Waals surface area contributed by atoms with Crippen LogP contribution in [-0.2, 0) is 11.3 Å². The second-order valence-electron chi connectivity index (χ2n) is 5.86. The summed E-state index contributed by atoms with van der Waals surface area (Å²) < 4.78 is 32.5. The number of carbonyl (C=O) groups excluding carboxylic acids is 1. The molecule has 0 spiro atoms. The maximum atomic E-state index is 14.0. The lowest BCUT2D eigenvalue weighted by Gasteiger charge is -2.29. The van der Waals surface area contributed by atoms with E-state index in [4.69, 9.17) is 9.84 Å². The van der Waals surface area contributed by atoms with Crippen molar-refractivity contribution in [1.82, 2.24) is 4.90 Å². The normalized spacial score (nSPS) is 11.8. The molecule has 7 heteroatoms. The van der Waals surface area contributed by atoms with Crippen LogP contribution < -0.4 is 0 Å². The smallest absolute Gasteiger partial charge is 0.335 e. The largest absolute Gasteiger partial charge is 0.478 e. The molecule has 26 heavy (non-hydrogen) atoms. The van der Waals surface area contributed by atoms with Crippen LogP contribution in [0.2, 0.25) is 0 Å². The first-order valence-corrected chi connectivity index (χ1v) is 7.90. The first kappa shape index (κ1) is 19.5. The minimum Gasteiger partial charge on any atom is -0.478 e. The van der Waals surface area contributed by atoms with Crippen molar-refractivity contribution in [3.8, 4) is 0 Å². The lowest BCUT2D eigenvalue weighted by atomic mass is 10.1. The van der Waals surface area contributed by atoms with Gasteiger partial charge in [-0.25, -0.2) is 13.6 Å². The molecule has 5 nitrogen and oxygen atoms in total. The van der Waals surface area contributed by atoms with Gasteiger partial charge in [-0.2, -0.15) is 0 Å². The summed E-state index contributed by atoms with van der Waals surface area (Å²) in [6.07, 6.45) is 0. The number of carboxylic acid groups (broad SMARTS) is 1. The van der Waals surface area contributed by atoms with E-state index in [0.29, 0.717) is 0 Å². The number of hydrogen-bond acceptors (Lipinski definition) is 3. The van der Waals surface area contributed by atoms with Gasteiger partial charge in [-0.05, 0) is 49.4 Å². The third-order valence-corrected chi connectivity index (χ3v) is 3.93. The lowest BCUT2D eigenvalue weighted by Crippen LogP contribution is -2.40. The summed E-state index contributed by atoms with van der Waals surface area (Å²) in [4.78, 5) is 25.1. The van der Waals surface area contributed by atoms with E-state index in [0.717, 1.165) is 18.2 Å². The van der Waals surface area contributed by atoms with E-state index < -0.39 is 29.6 Å². The molecule has 0 saturated carbocycles. The molecule has 2 rings (SSSR count). The van der Waals surface area contributed by atoms with Crippen LogP contribution in [0.25, 0.3) is 0 Å². The number of carbonyl (C=O) groups is 2. The Morgan fingerprint density at radius 3 is 2.31 bits per heavy atom. The molecule has 2 aromatic carbocycles. The van der Waals surface area contributed by atoms with Crippen molar-refractivity contribution in [2.45, 2.75) is 19.5 Å². The van der Waals surface area contributed by atoms with E-state index in [1.165, 1.54) is 36.3 Å². The van der Waals surface area contributed by atoms with Gasteiger partial charge in [0.15, 0.2) is 0 Å². The molecule has 1 N–H and O–H groups in total. The third-order valence-electron chi connectivity index (χ3n) is 3.93. The summed E-state index contributed by atoms with van der Waals surface area (Å²) in [7, 11) is 1.48. The molecule has 2 aromatic rings. The molecule has 0 saturated heterocycles. The summed E-state index contributed by atoms with van der Waals surface area (Å²) in [6, 6.07) is 8.07. The van der Waals surface area contributed by atoms with Crippen LogP contribution in [0.1, 0.15) is 33.2 Å². The zero-order valence-electron chi connectivity index (χ0n) is 14.4. The Balaban J connectivity index is 2.32. The molecule has 0 radical (unpaired) electrons. The third kappa shape index (κ3) is 4.64. The predicted octanol–water partition coefficient (Wildman–Crippen LogP) is 3.34. The summed E-state index contributed by atoms with van der Waals surface area (Å²) in [5, 5.41) is 8.94. The van der Waals surface area contributed by atoms with Crippen LogP contribution >= 0.6 is 0 Å². The Kier molecular flexibility index (Phi) is 6.41. The van der Waals surface area contributed by atoms with Gasteiger partial charge in [0.1, 0.15) is 11.6 Å². The minimum absolute atomic E-state index is 0.0449. The van der Waals surface area contributed by atoms with Crippen LogP contribution in [0.15, 0.2) is 42.5 Å². The average molecular weight is 363 g/mol. The van der Waals surface area contributed by atoms with Crippen LogP contribution in [0, 0.1) is 11.6 Å². The molecule has 0 fully saturated rings. The molecule has 0 bridgehead atoms. The second-order valence-corrected chi connectivity index (χ2v) is 5.86. The molecule has 0 aliphatic heterocycles. The molecule has 0 aliphatic carbocycles. The Hall–Kier alpha value is -2.80. The number of methoxy groups -OCH3 is 1. The topological polar surface area (TPSA) is 66.8 Å². The fourth-order valence-corrected chi connectivity index (χ4v) is 2.53. The van der Waals surface area contributed by atoms with Crippen LogP contribution in [0.5, 0.6) is 0 Å². The fourth-order valence-electron chi connectivity index (χ4n) is 2.53. The fraction of sp³-hybridized carbons (Fsp3) is 0.263. The minimum atomic E-state index is -1.10. The van der Waals surface area contributed by atoms with Gasteiger partial charge < -0.3 is 14.7 Å². The van der Waals surface area contributed by atoms with Crippen molar-refractivity contribution in [3.63, 3.8) is 0 Å². The van der Waals surface area contributed by atoms with E-state index in [9.17, 15) is 18.4 Å². The van der Waals surface area contributed by atoms with Crippen LogP contribution in [0.4, 0.5) is 8.78 Å². The number of carboxylic acids is 1. The number of hydrogen-bond donors (Lipinski definition) is 1. The Labute approximate surface area is 149 Å². The van der Waals surface area contributed by atoms with E-state index in [1.54, 1.807) is 6.92 Å². The highest BCUT2D eigenvalue weighted by atomic mass is 19.1. The van der Waals surface area contributed by atoms with Gasteiger partial charge in [0.05, 0.1) is 18.2 Å². The van der Waals surface area contributed by atoms with E-state index in [1.807, 2.05) is 0 Å². The molecule has 0 aromatic heterocycles. The number of halogens is 2. The highest BCUT2D eigenvalue weighted by Crippen LogP contribution is 2.18. The Bertz CT molecular complexity index is 793. The van der Waals surface area contributed by atoms with Crippen molar-refractivity contribution in [2.75, 3.05) is 13.7 Å². The summed E-state index contributed by atoms with van der Waals surface area (Å²) >= 11 is 0. The number of rotatable bonds is 7. The van der Waals surface area contributed by atoms with Crippen molar-refractivity contribution in [3.05, 3.63) is 70.8 Å². The van der Waals surface area contributed by atoms with Crippen LogP contribution in [0.3, 0.4) is 0 Å². The summed E-state index contributed by atoms with van der Waals surface area (Å²) in [6.45, 7) is 1.79. The monoisotopic (exact) mass is 363 g/mol. The summed E-state index contributed by atoms with van der Waals surface area (Å²) in [5.74, 6) is -2.75. The van der Waals surface area contributed by atoms with Gasteiger partial charge in [0, 0.05) is 24.8 Å². The van der Waals surface area contributed by atoms with Gasteiger partial charge in [-0.3, -0.25) is 4.79 Å².